The molecule has 4 rings (SSSR count). The number of fused-ring (bicyclic) bond motifs is 1. The first-order valence-electron chi connectivity index (χ1n) is 14.7. The summed E-state index contributed by atoms with van der Waals surface area (Å²) in [4.78, 5) is 32.9. The van der Waals surface area contributed by atoms with Crippen LogP contribution in [0.25, 0.3) is 0 Å². The number of carbonyl (C=O) groups excluding carboxylic acids is 1. The van der Waals surface area contributed by atoms with Gasteiger partial charge in [0, 0.05) is 31.6 Å². The lowest BCUT2D eigenvalue weighted by atomic mass is 9.83. The summed E-state index contributed by atoms with van der Waals surface area (Å²) in [6.45, 7) is 5.35. The monoisotopic (exact) mass is 567 g/mol. The Labute approximate surface area is 244 Å². The van der Waals surface area contributed by atoms with Crippen LogP contribution < -0.4 is 14.2 Å². The lowest BCUT2D eigenvalue weighted by Gasteiger charge is -2.30. The van der Waals surface area contributed by atoms with Gasteiger partial charge in [0.25, 0.3) is 0 Å². The zero-order valence-corrected chi connectivity index (χ0v) is 24.9. The van der Waals surface area contributed by atoms with Crippen LogP contribution in [0.4, 0.5) is 0 Å². The highest BCUT2D eigenvalue weighted by atomic mass is 16.7. The van der Waals surface area contributed by atoms with Gasteiger partial charge >= 0.3 is 5.97 Å². The Morgan fingerprint density at radius 1 is 1.02 bits per heavy atom. The number of nitrogens with zero attached hydrogens (tertiary/aromatic N) is 3. The lowest BCUT2D eigenvalue weighted by Crippen LogP contribution is -2.45. The summed E-state index contributed by atoms with van der Waals surface area (Å²) >= 11 is 0. The third-order valence-corrected chi connectivity index (χ3v) is 8.24. The van der Waals surface area contributed by atoms with E-state index in [0.29, 0.717) is 31.0 Å². The number of ether oxygens (including phenoxy) is 3. The number of carboxylic acids is 1. The number of unbranched alkanes of at least 4 members (excludes halogenated alkanes) is 2. The van der Waals surface area contributed by atoms with E-state index in [1.54, 1.807) is 7.11 Å². The lowest BCUT2D eigenvalue weighted by molar-refractivity contribution is -0.143. The van der Waals surface area contributed by atoms with Crippen LogP contribution in [0.15, 0.2) is 42.5 Å². The molecule has 0 spiro atoms. The molecule has 2 aliphatic rings. The average Bonchev–Trinajstić information content (AvgIpc) is 3.57. The normalized spacial score (nSPS) is 20.0. The van der Waals surface area contributed by atoms with Crippen molar-refractivity contribution in [1.29, 1.82) is 0 Å². The Kier molecular flexibility index (Phi) is 10.9. The number of hydrogen-bond acceptors (Lipinski definition) is 7. The molecule has 0 unspecified atom stereocenters. The highest BCUT2D eigenvalue weighted by Crippen LogP contribution is 2.43. The Bertz CT molecular complexity index is 1170. The Morgan fingerprint density at radius 2 is 1.76 bits per heavy atom. The Morgan fingerprint density at radius 3 is 2.49 bits per heavy atom. The van der Waals surface area contributed by atoms with E-state index in [0.717, 1.165) is 55.6 Å². The molecule has 0 aromatic heterocycles. The van der Waals surface area contributed by atoms with Crippen LogP contribution >= 0.6 is 0 Å². The second-order valence-electron chi connectivity index (χ2n) is 11.3. The van der Waals surface area contributed by atoms with Gasteiger partial charge in [0.15, 0.2) is 11.5 Å². The van der Waals surface area contributed by atoms with Gasteiger partial charge < -0.3 is 29.1 Å². The molecular formula is C32H45N3O6. The number of rotatable bonds is 15. The summed E-state index contributed by atoms with van der Waals surface area (Å²) < 4.78 is 16.7. The summed E-state index contributed by atoms with van der Waals surface area (Å²) in [5, 5.41) is 10.6. The second-order valence-corrected chi connectivity index (χ2v) is 11.3. The number of aliphatic carboxylic acids is 1. The van der Waals surface area contributed by atoms with Crippen molar-refractivity contribution in [2.45, 2.75) is 51.0 Å². The summed E-state index contributed by atoms with van der Waals surface area (Å²) in [5.74, 6) is 0.191. The van der Waals surface area contributed by atoms with Gasteiger partial charge in [0.2, 0.25) is 12.7 Å². The van der Waals surface area contributed by atoms with Crippen LogP contribution in [0.3, 0.4) is 0 Å². The van der Waals surface area contributed by atoms with Gasteiger partial charge in [-0.25, -0.2) is 0 Å². The Balaban J connectivity index is 1.61. The molecule has 0 bridgehead atoms. The van der Waals surface area contributed by atoms with Gasteiger partial charge in [0.1, 0.15) is 5.75 Å². The van der Waals surface area contributed by atoms with Crippen molar-refractivity contribution in [3.63, 3.8) is 0 Å². The molecule has 3 atom stereocenters. The van der Waals surface area contributed by atoms with Crippen LogP contribution in [0.5, 0.6) is 17.2 Å². The van der Waals surface area contributed by atoms with Gasteiger partial charge in [0.05, 0.1) is 19.6 Å². The van der Waals surface area contributed by atoms with Crippen LogP contribution in [0.2, 0.25) is 0 Å². The minimum absolute atomic E-state index is 0.0591. The molecule has 2 heterocycles. The van der Waals surface area contributed by atoms with Crippen molar-refractivity contribution < 1.29 is 28.9 Å². The summed E-state index contributed by atoms with van der Waals surface area (Å²) in [7, 11) is 5.75. The standard InChI is InChI=1S/C32H45N3O6/c1-5-6-16-34(17-10-9-15-33(2)3)30(36)21-35-20-25(23-13-14-28-29(19-23)41-22-40-28)31(32(37)38)26(35)18-24-11-7-8-12-27(24)39-4/h7-8,11-14,19,25-26,31H,5-6,9-10,15-18,20-22H2,1-4H3,(H,37,38)/t25-,26+,31-/m1/s1. The van der Waals surface area contributed by atoms with Crippen molar-refractivity contribution in [1.82, 2.24) is 14.7 Å². The van der Waals surface area contributed by atoms with E-state index in [1.807, 2.05) is 47.4 Å². The minimum Gasteiger partial charge on any atom is -0.496 e. The maximum absolute atomic E-state index is 13.8. The average molecular weight is 568 g/mol. The van der Waals surface area contributed by atoms with Gasteiger partial charge in [-0.3, -0.25) is 14.5 Å². The van der Waals surface area contributed by atoms with Crippen LogP contribution in [-0.4, -0.2) is 98.4 Å². The van der Waals surface area contributed by atoms with E-state index >= 15 is 0 Å². The van der Waals surface area contributed by atoms with E-state index in [4.69, 9.17) is 14.2 Å². The molecule has 2 aliphatic heterocycles. The van der Waals surface area contributed by atoms with Gasteiger partial charge in [-0.05, 0) is 75.6 Å². The topological polar surface area (TPSA) is 91.8 Å². The predicted molar refractivity (Wildman–Crippen MR) is 158 cm³/mol. The van der Waals surface area contributed by atoms with Crippen molar-refractivity contribution >= 4 is 11.9 Å². The minimum atomic E-state index is -0.867. The fourth-order valence-electron chi connectivity index (χ4n) is 6.04. The molecule has 0 saturated carbocycles. The van der Waals surface area contributed by atoms with E-state index in [2.05, 4.69) is 30.8 Å². The number of amides is 1. The molecule has 1 amide bonds. The molecule has 2 aromatic carbocycles. The molecule has 224 valence electrons. The highest BCUT2D eigenvalue weighted by molar-refractivity contribution is 5.79. The largest absolute Gasteiger partial charge is 0.496 e. The number of hydrogen-bond donors (Lipinski definition) is 1. The van der Waals surface area contributed by atoms with Crippen molar-refractivity contribution in [2.24, 2.45) is 5.92 Å². The smallest absolute Gasteiger partial charge is 0.308 e. The van der Waals surface area contributed by atoms with E-state index in [9.17, 15) is 14.7 Å². The fourth-order valence-corrected chi connectivity index (χ4v) is 6.04. The maximum Gasteiger partial charge on any atom is 0.308 e. The van der Waals surface area contributed by atoms with E-state index < -0.39 is 11.9 Å². The number of carbonyl (C=O) groups is 2. The number of para-hydroxylation sites is 1. The van der Waals surface area contributed by atoms with E-state index in [1.165, 1.54) is 0 Å². The van der Waals surface area contributed by atoms with Gasteiger partial charge in [-0.2, -0.15) is 0 Å². The molecule has 1 saturated heterocycles. The van der Waals surface area contributed by atoms with Crippen LogP contribution in [0.1, 0.15) is 49.7 Å². The highest BCUT2D eigenvalue weighted by Gasteiger charge is 2.47. The van der Waals surface area contributed by atoms with Crippen molar-refractivity contribution in [3.05, 3.63) is 53.6 Å². The third-order valence-electron chi connectivity index (χ3n) is 8.24. The molecular weight excluding hydrogens is 522 g/mol. The summed E-state index contributed by atoms with van der Waals surface area (Å²) in [6, 6.07) is 13.0. The second kappa shape index (κ2) is 14.5. The summed E-state index contributed by atoms with van der Waals surface area (Å²) in [6.07, 6.45) is 4.38. The number of likely N-dealkylation sites (tertiary alicyclic amines) is 1. The first kappa shape index (κ1) is 30.7. The zero-order chi connectivity index (χ0) is 29.4. The van der Waals surface area contributed by atoms with E-state index in [-0.39, 0.29) is 31.2 Å². The number of methoxy groups -OCH3 is 1. The molecule has 0 aliphatic carbocycles. The quantitative estimate of drug-likeness (QED) is 0.322. The summed E-state index contributed by atoms with van der Waals surface area (Å²) in [5.41, 5.74) is 1.81. The third kappa shape index (κ3) is 7.71. The predicted octanol–water partition coefficient (Wildman–Crippen LogP) is 4.11. The molecule has 1 fully saturated rings. The van der Waals surface area contributed by atoms with Crippen LogP contribution in [0, 0.1) is 5.92 Å². The fraction of sp³-hybridized carbons (Fsp3) is 0.562. The molecule has 9 heteroatoms. The molecule has 41 heavy (non-hydrogen) atoms. The van der Waals surface area contributed by atoms with Gasteiger partial charge in [-0.1, -0.05) is 37.6 Å². The van der Waals surface area contributed by atoms with Crippen molar-refractivity contribution in [3.8, 4) is 17.2 Å². The first-order valence-corrected chi connectivity index (χ1v) is 14.7. The first-order chi connectivity index (χ1) is 19.8. The molecule has 0 radical (unpaired) electrons. The number of carboxylic acid groups (broad SMARTS) is 1. The molecule has 9 nitrogen and oxygen atoms in total. The number of benzene rings is 2. The molecule has 1 N–H and O–H groups in total. The molecule has 2 aromatic rings. The van der Waals surface area contributed by atoms with Crippen molar-refractivity contribution in [2.75, 3.05) is 60.7 Å². The van der Waals surface area contributed by atoms with Gasteiger partial charge in [-0.15, -0.1) is 0 Å². The Hall–Kier alpha value is -3.30. The maximum atomic E-state index is 13.8. The zero-order valence-electron chi connectivity index (χ0n) is 24.9. The van der Waals surface area contributed by atoms with Crippen LogP contribution in [-0.2, 0) is 16.0 Å². The SMILES string of the molecule is CCCCN(CCCCN(C)C)C(=O)CN1C[C@H](c2ccc3c(c2)OCO3)[C@@H](C(=O)O)[C@@H]1Cc1ccccc1OC.